The second-order valence-electron chi connectivity index (χ2n) is 14.4. The molecule has 1 aliphatic carbocycles. The van der Waals surface area contributed by atoms with Gasteiger partial charge in [-0.2, -0.15) is 0 Å². The van der Waals surface area contributed by atoms with Crippen LogP contribution in [0.4, 0.5) is 17.1 Å². The summed E-state index contributed by atoms with van der Waals surface area (Å²) in [6, 6.07) is 78.3. The maximum Gasteiger partial charge on any atom is 0.0713 e. The van der Waals surface area contributed by atoms with E-state index in [-0.39, 0.29) is 0 Å². The molecule has 0 atom stereocenters. The molecule has 1 heteroatoms. The summed E-state index contributed by atoms with van der Waals surface area (Å²) >= 11 is 0. The van der Waals surface area contributed by atoms with Gasteiger partial charge in [-0.05, 0) is 102 Å². The van der Waals surface area contributed by atoms with Crippen LogP contribution in [0, 0.1) is 0 Å². The molecule has 0 heterocycles. The molecule has 0 spiro atoms. The average molecular weight is 686 g/mol. The van der Waals surface area contributed by atoms with Crippen LogP contribution in [-0.4, -0.2) is 0 Å². The lowest BCUT2D eigenvalue weighted by molar-refractivity contribution is 0.768. The van der Waals surface area contributed by atoms with Crippen LogP contribution in [0.2, 0.25) is 0 Å². The fourth-order valence-electron chi connectivity index (χ4n) is 9.35. The maximum atomic E-state index is 2.44. The number of fused-ring (bicyclic) bond motifs is 3. The van der Waals surface area contributed by atoms with Gasteiger partial charge in [-0.15, -0.1) is 0 Å². The summed E-state index contributed by atoms with van der Waals surface area (Å²) in [5.74, 6) is 0. The highest BCUT2D eigenvalue weighted by Gasteiger charge is 2.45. The highest BCUT2D eigenvalue weighted by atomic mass is 15.1. The number of anilines is 3. The van der Waals surface area contributed by atoms with Crippen molar-refractivity contribution < 1.29 is 0 Å². The van der Waals surface area contributed by atoms with Crippen molar-refractivity contribution in [2.75, 3.05) is 4.90 Å². The fraction of sp³-hybridized carbons (Fsp3) is 0.0189. The lowest BCUT2D eigenvalue weighted by atomic mass is 9.68. The maximum absolute atomic E-state index is 2.44. The SMILES string of the molecule is c1ccc(-c2ccc(N(c3ccc(C4(c5ccccc5)c5ccccc5-c5ccccc54)cc3)c3ccc4ccc5cccc6ccc3c4c56)cc2)cc1. The zero-order chi connectivity index (χ0) is 35.6. The molecule has 0 saturated heterocycles. The van der Waals surface area contributed by atoms with Gasteiger partial charge >= 0.3 is 0 Å². The third-order valence-electron chi connectivity index (χ3n) is 11.7. The summed E-state index contributed by atoms with van der Waals surface area (Å²) < 4.78 is 0. The lowest BCUT2D eigenvalue weighted by Gasteiger charge is -2.34. The minimum Gasteiger partial charge on any atom is -0.310 e. The summed E-state index contributed by atoms with van der Waals surface area (Å²) in [6.07, 6.45) is 0. The van der Waals surface area contributed by atoms with Crippen LogP contribution in [0.5, 0.6) is 0 Å². The molecule has 0 amide bonds. The summed E-state index contributed by atoms with van der Waals surface area (Å²) in [4.78, 5) is 2.44. The minimum atomic E-state index is -0.442. The van der Waals surface area contributed by atoms with Crippen LogP contribution in [0.25, 0.3) is 54.6 Å². The van der Waals surface area contributed by atoms with Gasteiger partial charge in [-0.3, -0.25) is 0 Å². The van der Waals surface area contributed by atoms with Gasteiger partial charge in [-0.1, -0.05) is 182 Å². The summed E-state index contributed by atoms with van der Waals surface area (Å²) in [7, 11) is 0. The van der Waals surface area contributed by atoms with Crippen molar-refractivity contribution in [3.8, 4) is 22.3 Å². The van der Waals surface area contributed by atoms with Gasteiger partial charge in [0.25, 0.3) is 0 Å². The lowest BCUT2D eigenvalue weighted by Crippen LogP contribution is -2.28. The Bertz CT molecular complexity index is 2900. The van der Waals surface area contributed by atoms with E-state index in [1.807, 2.05) is 0 Å². The topological polar surface area (TPSA) is 3.24 Å². The van der Waals surface area contributed by atoms with E-state index >= 15 is 0 Å². The second-order valence-corrected chi connectivity index (χ2v) is 14.4. The fourth-order valence-corrected chi connectivity index (χ4v) is 9.35. The molecule has 10 aromatic carbocycles. The number of hydrogen-bond acceptors (Lipinski definition) is 1. The molecular weight excluding hydrogens is 651 g/mol. The molecular formula is C53H35N. The third-order valence-corrected chi connectivity index (χ3v) is 11.7. The molecule has 0 bridgehead atoms. The molecule has 0 N–H and O–H groups in total. The highest BCUT2D eigenvalue weighted by Crippen LogP contribution is 2.56. The van der Waals surface area contributed by atoms with Crippen LogP contribution in [0.3, 0.4) is 0 Å². The molecule has 0 fully saturated rings. The smallest absolute Gasteiger partial charge is 0.0713 e. The largest absolute Gasteiger partial charge is 0.310 e. The van der Waals surface area contributed by atoms with Crippen molar-refractivity contribution in [2.24, 2.45) is 0 Å². The first-order valence-corrected chi connectivity index (χ1v) is 18.8. The van der Waals surface area contributed by atoms with Gasteiger partial charge in [0.15, 0.2) is 0 Å². The number of rotatable bonds is 6. The van der Waals surface area contributed by atoms with Gasteiger partial charge in [0, 0.05) is 16.8 Å². The molecule has 11 rings (SSSR count). The van der Waals surface area contributed by atoms with E-state index < -0.39 is 5.41 Å². The second kappa shape index (κ2) is 12.0. The standard InChI is InChI=1S/C53H35N/c1-3-12-36(13-4-1)37-24-30-43(31-25-37)54(50-35-27-40-23-22-38-14-11-15-39-26-34-47(50)52(40)51(38)39)44-32-28-42(29-33-44)53(41-16-5-2-6-17-41)48-20-9-7-18-45(48)46-19-8-10-21-49(46)53/h1-35H. The van der Waals surface area contributed by atoms with Crippen molar-refractivity contribution in [3.63, 3.8) is 0 Å². The molecule has 1 nitrogen and oxygen atoms in total. The van der Waals surface area contributed by atoms with Gasteiger partial charge < -0.3 is 4.90 Å². The number of hydrogen-bond donors (Lipinski definition) is 0. The van der Waals surface area contributed by atoms with E-state index in [4.69, 9.17) is 0 Å². The molecule has 1 aliphatic rings. The molecule has 0 unspecified atom stereocenters. The highest BCUT2D eigenvalue weighted by molar-refractivity contribution is 6.25. The first kappa shape index (κ1) is 30.6. The zero-order valence-electron chi connectivity index (χ0n) is 29.7. The van der Waals surface area contributed by atoms with Crippen LogP contribution >= 0.6 is 0 Å². The van der Waals surface area contributed by atoms with Crippen molar-refractivity contribution >= 4 is 49.4 Å². The zero-order valence-corrected chi connectivity index (χ0v) is 29.7. The quantitative estimate of drug-likeness (QED) is 0.158. The van der Waals surface area contributed by atoms with Gasteiger partial charge in [0.2, 0.25) is 0 Å². The van der Waals surface area contributed by atoms with Crippen molar-refractivity contribution in [1.29, 1.82) is 0 Å². The van der Waals surface area contributed by atoms with E-state index in [0.717, 1.165) is 17.1 Å². The van der Waals surface area contributed by atoms with Crippen molar-refractivity contribution in [2.45, 2.75) is 5.41 Å². The molecule has 252 valence electrons. The van der Waals surface area contributed by atoms with E-state index in [2.05, 4.69) is 217 Å². The predicted molar refractivity (Wildman–Crippen MR) is 228 cm³/mol. The normalized spacial score (nSPS) is 13.0. The Kier molecular flexibility index (Phi) is 6.84. The molecule has 0 aliphatic heterocycles. The average Bonchev–Trinajstić information content (AvgIpc) is 3.55. The van der Waals surface area contributed by atoms with E-state index in [1.165, 1.54) is 76.8 Å². The first-order valence-electron chi connectivity index (χ1n) is 18.8. The molecule has 54 heavy (non-hydrogen) atoms. The van der Waals surface area contributed by atoms with E-state index in [0.29, 0.717) is 0 Å². The Hall–Kier alpha value is -6.96. The third kappa shape index (κ3) is 4.45. The Morgan fingerprint density at radius 2 is 0.796 bits per heavy atom. The summed E-state index contributed by atoms with van der Waals surface area (Å²) in [5.41, 5.74) is 13.1. The Morgan fingerprint density at radius 1 is 0.315 bits per heavy atom. The Balaban J connectivity index is 1.13. The van der Waals surface area contributed by atoms with Gasteiger partial charge in [-0.25, -0.2) is 0 Å². The minimum absolute atomic E-state index is 0.442. The molecule has 0 radical (unpaired) electrons. The van der Waals surface area contributed by atoms with Crippen molar-refractivity contribution in [3.05, 3.63) is 235 Å². The molecule has 10 aromatic rings. The number of nitrogens with zero attached hydrogens (tertiary/aromatic N) is 1. The van der Waals surface area contributed by atoms with E-state index in [1.54, 1.807) is 0 Å². The first-order chi connectivity index (χ1) is 26.8. The van der Waals surface area contributed by atoms with Crippen LogP contribution in [0.1, 0.15) is 22.3 Å². The van der Waals surface area contributed by atoms with Gasteiger partial charge in [0.05, 0.1) is 11.1 Å². The van der Waals surface area contributed by atoms with Crippen LogP contribution in [0.15, 0.2) is 212 Å². The monoisotopic (exact) mass is 685 g/mol. The van der Waals surface area contributed by atoms with Crippen LogP contribution < -0.4 is 4.90 Å². The Morgan fingerprint density at radius 3 is 1.44 bits per heavy atom. The Labute approximate surface area is 315 Å². The van der Waals surface area contributed by atoms with Crippen LogP contribution in [-0.2, 0) is 5.41 Å². The predicted octanol–water partition coefficient (Wildman–Crippen LogP) is 14.1. The van der Waals surface area contributed by atoms with Crippen molar-refractivity contribution in [1.82, 2.24) is 0 Å². The number of benzene rings is 10. The van der Waals surface area contributed by atoms with Gasteiger partial charge in [0.1, 0.15) is 0 Å². The molecule has 0 aromatic heterocycles. The van der Waals surface area contributed by atoms with E-state index in [9.17, 15) is 0 Å². The molecule has 0 saturated carbocycles. The summed E-state index contributed by atoms with van der Waals surface area (Å²) in [5, 5.41) is 7.69. The summed E-state index contributed by atoms with van der Waals surface area (Å²) in [6.45, 7) is 0.